The maximum atomic E-state index is 12.8. The van der Waals surface area contributed by atoms with Crippen LogP contribution in [0.2, 0.25) is 0 Å². The third kappa shape index (κ3) is 5.92. The van der Waals surface area contributed by atoms with Crippen molar-refractivity contribution in [3.63, 3.8) is 0 Å². The van der Waals surface area contributed by atoms with Crippen LogP contribution >= 0.6 is 0 Å². The Bertz CT molecular complexity index is 1000. The van der Waals surface area contributed by atoms with Crippen molar-refractivity contribution in [3.05, 3.63) is 60.2 Å². The van der Waals surface area contributed by atoms with Crippen LogP contribution in [-0.4, -0.2) is 44.2 Å². The Morgan fingerprint density at radius 1 is 1.06 bits per heavy atom. The average Bonchev–Trinajstić information content (AvgIpc) is 2.78. The van der Waals surface area contributed by atoms with Crippen LogP contribution in [0.4, 0.5) is 5.69 Å². The van der Waals surface area contributed by atoms with E-state index in [0.29, 0.717) is 31.0 Å². The molecule has 2 amide bonds. The summed E-state index contributed by atoms with van der Waals surface area (Å²) >= 11 is 0. The highest BCUT2D eigenvalue weighted by atomic mass is 32.2. The standard InChI is InChI=1S/C23H29N3O4S/c1-17(2)18-10-12-20(13-11-18)25-22(27)15-24-23(28)19-7-6-14-26(16-19)31(29,30)21-8-4-3-5-9-21/h3-5,8-13,17,19H,6-7,14-16H2,1-2H3,(H,24,28)(H,25,27)/t19-/m1/s1. The third-order valence-electron chi connectivity index (χ3n) is 5.42. The lowest BCUT2D eigenvalue weighted by atomic mass is 9.99. The van der Waals surface area contributed by atoms with Gasteiger partial charge in [-0.2, -0.15) is 4.31 Å². The topological polar surface area (TPSA) is 95.6 Å². The molecule has 0 bridgehead atoms. The summed E-state index contributed by atoms with van der Waals surface area (Å²) in [5.41, 5.74) is 1.85. The Kier molecular flexibility index (Phi) is 7.46. The lowest BCUT2D eigenvalue weighted by Crippen LogP contribution is -2.46. The quantitative estimate of drug-likeness (QED) is 0.688. The first-order chi connectivity index (χ1) is 14.8. The number of amides is 2. The SMILES string of the molecule is CC(C)c1ccc(NC(=O)CNC(=O)[C@@H]2CCCN(S(=O)(=O)c3ccccc3)C2)cc1. The van der Waals surface area contributed by atoms with Gasteiger partial charge in [0.2, 0.25) is 21.8 Å². The summed E-state index contributed by atoms with van der Waals surface area (Å²) in [5.74, 6) is -0.705. The molecule has 1 heterocycles. The monoisotopic (exact) mass is 443 g/mol. The number of nitrogens with zero attached hydrogens (tertiary/aromatic N) is 1. The molecule has 0 aliphatic carbocycles. The van der Waals surface area contributed by atoms with Crippen molar-refractivity contribution < 1.29 is 18.0 Å². The lowest BCUT2D eigenvalue weighted by Gasteiger charge is -2.31. The van der Waals surface area contributed by atoms with Crippen LogP contribution in [-0.2, 0) is 19.6 Å². The highest BCUT2D eigenvalue weighted by Crippen LogP contribution is 2.24. The van der Waals surface area contributed by atoms with Gasteiger partial charge in [0.1, 0.15) is 0 Å². The van der Waals surface area contributed by atoms with Crippen molar-refractivity contribution >= 4 is 27.5 Å². The second-order valence-corrected chi connectivity index (χ2v) is 10.00. The predicted octanol–water partition coefficient (Wildman–Crippen LogP) is 2.97. The van der Waals surface area contributed by atoms with Gasteiger partial charge in [-0.05, 0) is 48.6 Å². The second kappa shape index (κ2) is 10.1. The van der Waals surface area contributed by atoms with Crippen LogP contribution in [0.5, 0.6) is 0 Å². The molecular formula is C23H29N3O4S. The molecule has 2 N–H and O–H groups in total. The molecule has 1 aliphatic rings. The van der Waals surface area contributed by atoms with E-state index >= 15 is 0 Å². The van der Waals surface area contributed by atoms with E-state index in [4.69, 9.17) is 0 Å². The molecule has 0 spiro atoms. The number of anilines is 1. The zero-order valence-corrected chi connectivity index (χ0v) is 18.7. The summed E-state index contributed by atoms with van der Waals surface area (Å²) in [6, 6.07) is 15.8. The number of piperidine rings is 1. The maximum absolute atomic E-state index is 12.8. The Labute approximate surface area is 183 Å². The molecule has 1 fully saturated rings. The fraction of sp³-hybridized carbons (Fsp3) is 0.391. The van der Waals surface area contributed by atoms with E-state index < -0.39 is 15.9 Å². The molecule has 0 radical (unpaired) electrons. The Morgan fingerprint density at radius 2 is 1.74 bits per heavy atom. The fourth-order valence-corrected chi connectivity index (χ4v) is 5.13. The second-order valence-electron chi connectivity index (χ2n) is 8.06. The summed E-state index contributed by atoms with van der Waals surface area (Å²) in [6.45, 7) is 4.53. The fourth-order valence-electron chi connectivity index (χ4n) is 3.58. The molecule has 2 aromatic rings. The smallest absolute Gasteiger partial charge is 0.243 e. The first-order valence-electron chi connectivity index (χ1n) is 10.5. The minimum absolute atomic E-state index is 0.112. The lowest BCUT2D eigenvalue weighted by molar-refractivity contribution is -0.128. The summed E-state index contributed by atoms with van der Waals surface area (Å²) in [7, 11) is -3.64. The summed E-state index contributed by atoms with van der Waals surface area (Å²) in [6.07, 6.45) is 1.18. The number of carbonyl (C=O) groups excluding carboxylic acids is 2. The molecule has 166 valence electrons. The molecule has 0 unspecified atom stereocenters. The Balaban J connectivity index is 1.52. The number of hydrogen-bond acceptors (Lipinski definition) is 4. The van der Waals surface area contributed by atoms with Gasteiger partial charge >= 0.3 is 0 Å². The minimum Gasteiger partial charge on any atom is -0.347 e. The van der Waals surface area contributed by atoms with Crippen molar-refractivity contribution in [2.75, 3.05) is 25.0 Å². The van der Waals surface area contributed by atoms with Crippen LogP contribution in [0.15, 0.2) is 59.5 Å². The van der Waals surface area contributed by atoms with Crippen molar-refractivity contribution in [2.24, 2.45) is 5.92 Å². The van der Waals surface area contributed by atoms with Gasteiger partial charge in [0.05, 0.1) is 17.4 Å². The highest BCUT2D eigenvalue weighted by Gasteiger charge is 2.33. The van der Waals surface area contributed by atoms with Crippen molar-refractivity contribution in [2.45, 2.75) is 37.5 Å². The number of rotatable bonds is 7. The summed E-state index contributed by atoms with van der Waals surface area (Å²) < 4.78 is 27.0. The molecule has 1 atom stereocenters. The Morgan fingerprint density at radius 3 is 2.39 bits per heavy atom. The number of benzene rings is 2. The molecule has 0 saturated carbocycles. The minimum atomic E-state index is -3.64. The van der Waals surface area contributed by atoms with Crippen molar-refractivity contribution in [1.82, 2.24) is 9.62 Å². The van der Waals surface area contributed by atoms with Gasteiger partial charge in [-0.25, -0.2) is 8.42 Å². The zero-order chi connectivity index (χ0) is 22.4. The first-order valence-corrected chi connectivity index (χ1v) is 11.9. The molecular weight excluding hydrogens is 414 g/mol. The summed E-state index contributed by atoms with van der Waals surface area (Å²) in [4.78, 5) is 25.0. The molecule has 1 aliphatic heterocycles. The van der Waals surface area contributed by atoms with Gasteiger partial charge in [-0.1, -0.05) is 44.2 Å². The van der Waals surface area contributed by atoms with E-state index in [2.05, 4.69) is 24.5 Å². The van der Waals surface area contributed by atoms with Gasteiger partial charge in [0.15, 0.2) is 0 Å². The largest absolute Gasteiger partial charge is 0.347 e. The van der Waals surface area contributed by atoms with E-state index in [1.165, 1.54) is 9.87 Å². The number of sulfonamides is 1. The van der Waals surface area contributed by atoms with Crippen LogP contribution in [0.25, 0.3) is 0 Å². The van der Waals surface area contributed by atoms with Gasteiger partial charge < -0.3 is 10.6 Å². The van der Waals surface area contributed by atoms with Crippen LogP contribution in [0, 0.1) is 5.92 Å². The van der Waals surface area contributed by atoms with Gasteiger partial charge in [0, 0.05) is 18.8 Å². The zero-order valence-electron chi connectivity index (χ0n) is 17.9. The molecule has 3 rings (SSSR count). The summed E-state index contributed by atoms with van der Waals surface area (Å²) in [5, 5.41) is 5.40. The number of carbonyl (C=O) groups is 2. The van der Waals surface area contributed by atoms with Crippen LogP contribution in [0.3, 0.4) is 0 Å². The van der Waals surface area contributed by atoms with Crippen LogP contribution < -0.4 is 10.6 Å². The predicted molar refractivity (Wildman–Crippen MR) is 120 cm³/mol. The van der Waals surface area contributed by atoms with E-state index in [0.717, 1.165) is 0 Å². The first kappa shape index (κ1) is 23.0. The van der Waals surface area contributed by atoms with Gasteiger partial charge in [0.25, 0.3) is 0 Å². The molecule has 2 aromatic carbocycles. The van der Waals surface area contributed by atoms with Crippen LogP contribution in [0.1, 0.15) is 38.2 Å². The van der Waals surface area contributed by atoms with E-state index in [-0.39, 0.29) is 29.8 Å². The van der Waals surface area contributed by atoms with Gasteiger partial charge in [-0.3, -0.25) is 9.59 Å². The van der Waals surface area contributed by atoms with Crippen molar-refractivity contribution in [3.8, 4) is 0 Å². The van der Waals surface area contributed by atoms with E-state index in [1.54, 1.807) is 30.3 Å². The molecule has 8 heteroatoms. The third-order valence-corrected chi connectivity index (χ3v) is 7.30. The molecule has 1 saturated heterocycles. The average molecular weight is 444 g/mol. The number of hydrogen-bond donors (Lipinski definition) is 2. The highest BCUT2D eigenvalue weighted by molar-refractivity contribution is 7.89. The molecule has 31 heavy (non-hydrogen) atoms. The van der Waals surface area contributed by atoms with Crippen molar-refractivity contribution in [1.29, 1.82) is 0 Å². The Hall–Kier alpha value is -2.71. The normalized spacial score (nSPS) is 17.3. The van der Waals surface area contributed by atoms with E-state index in [9.17, 15) is 18.0 Å². The number of nitrogens with one attached hydrogen (secondary N) is 2. The van der Waals surface area contributed by atoms with Gasteiger partial charge in [-0.15, -0.1) is 0 Å². The van der Waals surface area contributed by atoms with E-state index in [1.807, 2.05) is 24.3 Å². The maximum Gasteiger partial charge on any atom is 0.243 e. The molecule has 0 aromatic heterocycles. The molecule has 7 nitrogen and oxygen atoms in total.